The molecule has 2 saturated heterocycles. The third kappa shape index (κ3) is 8.43. The van der Waals surface area contributed by atoms with Crippen LogP contribution in [-0.4, -0.2) is 54.5 Å². The van der Waals surface area contributed by atoms with Crippen LogP contribution in [0.3, 0.4) is 0 Å². The average Bonchev–Trinajstić information content (AvgIpc) is 2.75. The van der Waals surface area contributed by atoms with Gasteiger partial charge in [0.1, 0.15) is 5.78 Å². The van der Waals surface area contributed by atoms with Crippen molar-refractivity contribution < 1.29 is 28.8 Å². The summed E-state index contributed by atoms with van der Waals surface area (Å²) in [5.41, 5.74) is -0.691. The molecule has 192 valence electrons. The van der Waals surface area contributed by atoms with Gasteiger partial charge in [-0.1, -0.05) is 33.3 Å². The minimum atomic E-state index is -0.700. The molecule has 2 aliphatic heterocycles. The number of hydrogen-bond acceptors (Lipinski definition) is 6. The summed E-state index contributed by atoms with van der Waals surface area (Å²) in [6, 6.07) is 0. The number of ether oxygens (including phenoxy) is 4. The Bertz CT molecular complexity index is 608. The number of ketones is 1. The average molecular weight is 469 g/mol. The summed E-state index contributed by atoms with van der Waals surface area (Å²) >= 11 is 0. The fraction of sp³-hybridized carbons (Fsp3) is 0.889. The molecule has 0 bridgehead atoms. The predicted octanol–water partition coefficient (Wildman–Crippen LogP) is 5.41. The van der Waals surface area contributed by atoms with Gasteiger partial charge in [0, 0.05) is 12.5 Å². The molecule has 33 heavy (non-hydrogen) atoms. The lowest BCUT2D eigenvalue weighted by Crippen LogP contribution is -2.52. The van der Waals surface area contributed by atoms with Crippen LogP contribution in [-0.2, 0) is 23.7 Å². The molecule has 0 spiro atoms. The van der Waals surface area contributed by atoms with Gasteiger partial charge in [-0.05, 0) is 71.6 Å². The van der Waals surface area contributed by atoms with E-state index in [9.17, 15) is 9.90 Å². The Balaban J connectivity index is 2.25. The van der Waals surface area contributed by atoms with Crippen LogP contribution in [0.25, 0.3) is 0 Å². The van der Waals surface area contributed by atoms with Gasteiger partial charge < -0.3 is 24.1 Å². The smallest absolute Gasteiger partial charge is 0.163 e. The summed E-state index contributed by atoms with van der Waals surface area (Å²) in [5.74, 6) is -0.743. The number of allylic oxidation sites excluding steroid dienone is 1. The molecule has 1 N–H and O–H groups in total. The van der Waals surface area contributed by atoms with Gasteiger partial charge in [-0.15, -0.1) is 6.58 Å². The van der Waals surface area contributed by atoms with Crippen LogP contribution in [0, 0.1) is 17.3 Å². The molecule has 2 fully saturated rings. The summed E-state index contributed by atoms with van der Waals surface area (Å²) in [7, 11) is 0. The molecule has 0 aromatic rings. The summed E-state index contributed by atoms with van der Waals surface area (Å²) < 4.78 is 24.4. The minimum absolute atomic E-state index is 0.144. The molecule has 0 radical (unpaired) electrons. The van der Waals surface area contributed by atoms with Crippen molar-refractivity contribution in [3.8, 4) is 0 Å². The third-order valence-electron chi connectivity index (χ3n) is 7.14. The standard InChI is InChI=1S/C27H48O6/c1-8-12-21(25(29)26(4,5)22-16-18-31-27(6,7)33-22)24(19(2)13-11-14-20(3)28)32-23-15-9-10-17-30-23/h8,19-24,28H,1,9-18H2,2-7H3/t19-,20?,21+,22-,23?,24-/m0/s1. The van der Waals surface area contributed by atoms with Crippen LogP contribution < -0.4 is 0 Å². The van der Waals surface area contributed by atoms with Crippen LogP contribution in [0.1, 0.15) is 92.9 Å². The zero-order valence-corrected chi connectivity index (χ0v) is 21.8. The van der Waals surface area contributed by atoms with Gasteiger partial charge in [0.2, 0.25) is 0 Å². The first kappa shape index (κ1) is 28.4. The van der Waals surface area contributed by atoms with Crippen molar-refractivity contribution in [1.82, 2.24) is 0 Å². The lowest BCUT2D eigenvalue weighted by atomic mass is 9.71. The second-order valence-electron chi connectivity index (χ2n) is 11.0. The van der Waals surface area contributed by atoms with Crippen molar-refractivity contribution in [3.63, 3.8) is 0 Å². The molecule has 6 heteroatoms. The van der Waals surface area contributed by atoms with Gasteiger partial charge in [-0.3, -0.25) is 4.79 Å². The van der Waals surface area contributed by atoms with Crippen LogP contribution in [0.15, 0.2) is 12.7 Å². The normalized spacial score (nSPS) is 27.4. The van der Waals surface area contributed by atoms with E-state index in [1.54, 1.807) is 0 Å². The molecule has 2 aliphatic rings. The van der Waals surface area contributed by atoms with Crippen LogP contribution >= 0.6 is 0 Å². The van der Waals surface area contributed by atoms with Crippen LogP contribution in [0.4, 0.5) is 0 Å². The fourth-order valence-electron chi connectivity index (χ4n) is 5.08. The van der Waals surface area contributed by atoms with Crippen molar-refractivity contribution in [1.29, 1.82) is 0 Å². The number of carbonyl (C=O) groups is 1. The molecule has 0 aromatic carbocycles. The van der Waals surface area contributed by atoms with Crippen LogP contribution in [0.2, 0.25) is 0 Å². The molecular formula is C27H48O6. The lowest BCUT2D eigenvalue weighted by molar-refractivity contribution is -0.289. The van der Waals surface area contributed by atoms with Gasteiger partial charge in [-0.25, -0.2) is 0 Å². The highest BCUT2D eigenvalue weighted by Gasteiger charge is 2.47. The van der Waals surface area contributed by atoms with Gasteiger partial charge in [-0.2, -0.15) is 0 Å². The van der Waals surface area contributed by atoms with E-state index >= 15 is 0 Å². The quantitative estimate of drug-likeness (QED) is 0.364. The number of aliphatic hydroxyl groups is 1. The van der Waals surface area contributed by atoms with Crippen molar-refractivity contribution in [2.75, 3.05) is 13.2 Å². The van der Waals surface area contributed by atoms with E-state index < -0.39 is 11.2 Å². The first-order valence-electron chi connectivity index (χ1n) is 12.9. The van der Waals surface area contributed by atoms with Crippen molar-refractivity contribution in [2.24, 2.45) is 17.3 Å². The fourth-order valence-corrected chi connectivity index (χ4v) is 5.08. The molecule has 0 saturated carbocycles. The number of rotatable bonds is 13. The van der Waals surface area contributed by atoms with E-state index in [-0.39, 0.29) is 42.2 Å². The van der Waals surface area contributed by atoms with E-state index in [1.807, 2.05) is 40.7 Å². The lowest BCUT2D eigenvalue weighted by Gasteiger charge is -2.45. The highest BCUT2D eigenvalue weighted by molar-refractivity contribution is 5.87. The SMILES string of the molecule is C=CC[C@@H](C(=O)C(C)(C)[C@@H]1CCOC(C)(C)O1)[C@@H](OC1CCCCO1)[C@@H](C)CCCC(C)O. The molecule has 6 atom stereocenters. The Morgan fingerprint density at radius 3 is 2.52 bits per heavy atom. The Morgan fingerprint density at radius 1 is 1.21 bits per heavy atom. The van der Waals surface area contributed by atoms with Gasteiger partial charge in [0.05, 0.1) is 30.3 Å². The topological polar surface area (TPSA) is 74.2 Å². The molecule has 2 rings (SSSR count). The Labute approximate surface area is 201 Å². The number of hydrogen-bond donors (Lipinski definition) is 1. The van der Waals surface area contributed by atoms with Gasteiger partial charge in [0.15, 0.2) is 12.1 Å². The van der Waals surface area contributed by atoms with Crippen molar-refractivity contribution in [2.45, 2.75) is 123 Å². The zero-order valence-electron chi connectivity index (χ0n) is 21.8. The van der Waals surface area contributed by atoms with E-state index in [0.29, 0.717) is 26.1 Å². The maximum atomic E-state index is 14.1. The molecule has 0 amide bonds. The van der Waals surface area contributed by atoms with E-state index in [1.165, 1.54) is 0 Å². The molecule has 6 nitrogen and oxygen atoms in total. The predicted molar refractivity (Wildman–Crippen MR) is 130 cm³/mol. The summed E-state index contributed by atoms with van der Waals surface area (Å²) in [5, 5.41) is 9.70. The Hall–Kier alpha value is -0.790. The minimum Gasteiger partial charge on any atom is -0.393 e. The summed E-state index contributed by atoms with van der Waals surface area (Å²) in [6.07, 6.45) is 7.45. The van der Waals surface area contributed by atoms with E-state index in [2.05, 4.69) is 13.5 Å². The number of Topliss-reactive ketones (excluding diaryl/α,β-unsaturated/α-hetero) is 1. The molecular weight excluding hydrogens is 420 g/mol. The molecule has 2 heterocycles. The molecule has 2 unspecified atom stereocenters. The van der Waals surface area contributed by atoms with Crippen molar-refractivity contribution in [3.05, 3.63) is 12.7 Å². The summed E-state index contributed by atoms with van der Waals surface area (Å²) in [4.78, 5) is 14.1. The molecule has 0 aromatic heterocycles. The first-order chi connectivity index (χ1) is 15.5. The van der Waals surface area contributed by atoms with Crippen molar-refractivity contribution >= 4 is 5.78 Å². The van der Waals surface area contributed by atoms with Crippen LogP contribution in [0.5, 0.6) is 0 Å². The number of carbonyl (C=O) groups excluding carboxylic acids is 1. The van der Waals surface area contributed by atoms with Gasteiger partial charge in [0.25, 0.3) is 0 Å². The zero-order chi connectivity index (χ0) is 24.6. The highest BCUT2D eigenvalue weighted by Crippen LogP contribution is 2.40. The largest absolute Gasteiger partial charge is 0.393 e. The summed E-state index contributed by atoms with van der Waals surface area (Å²) in [6.45, 7) is 17.0. The van der Waals surface area contributed by atoms with Gasteiger partial charge >= 0.3 is 0 Å². The maximum Gasteiger partial charge on any atom is 0.163 e. The second-order valence-corrected chi connectivity index (χ2v) is 11.0. The highest BCUT2D eigenvalue weighted by atomic mass is 16.7. The maximum absolute atomic E-state index is 14.1. The van der Waals surface area contributed by atoms with E-state index in [4.69, 9.17) is 18.9 Å². The second kappa shape index (κ2) is 12.8. The number of aliphatic hydroxyl groups excluding tert-OH is 1. The molecule has 0 aliphatic carbocycles. The monoisotopic (exact) mass is 468 g/mol. The first-order valence-corrected chi connectivity index (χ1v) is 12.9. The Morgan fingerprint density at radius 2 is 1.94 bits per heavy atom. The third-order valence-corrected chi connectivity index (χ3v) is 7.14. The van der Waals surface area contributed by atoms with E-state index in [0.717, 1.165) is 38.5 Å². The Kier molecular flexibility index (Phi) is 11.0.